The highest BCUT2D eigenvalue weighted by Crippen LogP contribution is 2.44. The Morgan fingerprint density at radius 1 is 1.24 bits per heavy atom. The van der Waals surface area contributed by atoms with Crippen molar-refractivity contribution < 1.29 is 18.3 Å². The van der Waals surface area contributed by atoms with E-state index in [-0.39, 0.29) is 16.6 Å². The van der Waals surface area contributed by atoms with E-state index in [1.165, 1.54) is 0 Å². The third-order valence-corrected chi connectivity index (χ3v) is 4.25. The molecule has 3 rings (SSSR count). The molecule has 0 amide bonds. The first-order chi connectivity index (χ1) is 9.79. The fraction of sp³-hybridized carbons (Fsp3) is 0.625. The molecule has 0 saturated carbocycles. The minimum absolute atomic E-state index is 0.100. The van der Waals surface area contributed by atoms with Crippen molar-refractivity contribution in [3.63, 3.8) is 0 Å². The molecule has 2 saturated heterocycles. The zero-order valence-corrected chi connectivity index (χ0v) is 12.7. The lowest BCUT2D eigenvalue weighted by atomic mass is 9.77. The average Bonchev–Trinajstić information content (AvgIpc) is 2.24. The molecule has 0 radical (unpaired) electrons. The standard InChI is InChI=1S/C16H21F2NO2/c1-15(2,3)11-4-5-12(13(6-11)21-14(17)18)19-7-16(8-19)9-20-10-16/h4-6,14H,7-10H2,1-3H3. The van der Waals surface area contributed by atoms with E-state index in [0.29, 0.717) is 0 Å². The van der Waals surface area contributed by atoms with Gasteiger partial charge >= 0.3 is 6.61 Å². The van der Waals surface area contributed by atoms with Crippen LogP contribution in [0.3, 0.4) is 0 Å². The number of ether oxygens (including phenoxy) is 2. The predicted molar refractivity (Wildman–Crippen MR) is 77.2 cm³/mol. The lowest BCUT2D eigenvalue weighted by Crippen LogP contribution is -2.66. The van der Waals surface area contributed by atoms with Crippen molar-refractivity contribution in [2.24, 2.45) is 5.41 Å². The van der Waals surface area contributed by atoms with Gasteiger partial charge in [-0.15, -0.1) is 0 Å². The van der Waals surface area contributed by atoms with E-state index in [1.54, 1.807) is 6.07 Å². The maximum absolute atomic E-state index is 12.7. The largest absolute Gasteiger partial charge is 0.433 e. The van der Waals surface area contributed by atoms with Crippen LogP contribution in [0.4, 0.5) is 14.5 Å². The number of nitrogens with zero attached hydrogens (tertiary/aromatic N) is 1. The van der Waals surface area contributed by atoms with Gasteiger partial charge in [-0.05, 0) is 23.1 Å². The highest BCUT2D eigenvalue weighted by Gasteiger charge is 2.49. The van der Waals surface area contributed by atoms with Crippen molar-refractivity contribution in [3.8, 4) is 5.75 Å². The highest BCUT2D eigenvalue weighted by molar-refractivity contribution is 5.62. The number of benzene rings is 1. The molecule has 2 heterocycles. The Balaban J connectivity index is 1.85. The third kappa shape index (κ3) is 2.71. The molecule has 2 aliphatic heterocycles. The molecule has 21 heavy (non-hydrogen) atoms. The summed E-state index contributed by atoms with van der Waals surface area (Å²) in [6.07, 6.45) is 0. The lowest BCUT2D eigenvalue weighted by molar-refractivity contribution is -0.127. The molecule has 0 bridgehead atoms. The smallest absolute Gasteiger partial charge is 0.387 e. The number of halogens is 2. The molecule has 3 nitrogen and oxygen atoms in total. The van der Waals surface area contributed by atoms with Crippen LogP contribution in [-0.4, -0.2) is 32.9 Å². The Hall–Kier alpha value is -1.36. The van der Waals surface area contributed by atoms with Gasteiger partial charge in [0.25, 0.3) is 0 Å². The normalized spacial score (nSPS) is 20.4. The number of hydrogen-bond donors (Lipinski definition) is 0. The molecule has 116 valence electrons. The molecular weight excluding hydrogens is 276 g/mol. The minimum atomic E-state index is -2.80. The maximum Gasteiger partial charge on any atom is 0.387 e. The van der Waals surface area contributed by atoms with Gasteiger partial charge in [-0.3, -0.25) is 0 Å². The van der Waals surface area contributed by atoms with Crippen LogP contribution in [0.1, 0.15) is 26.3 Å². The van der Waals surface area contributed by atoms with Crippen LogP contribution in [-0.2, 0) is 10.2 Å². The summed E-state index contributed by atoms with van der Waals surface area (Å²) in [5, 5.41) is 0. The summed E-state index contributed by atoms with van der Waals surface area (Å²) in [5.41, 5.74) is 1.88. The molecule has 2 aliphatic rings. The van der Waals surface area contributed by atoms with Gasteiger partial charge in [0.1, 0.15) is 5.75 Å². The number of rotatable bonds is 3. The van der Waals surface area contributed by atoms with E-state index < -0.39 is 6.61 Å². The monoisotopic (exact) mass is 297 g/mol. The Bertz CT molecular complexity index is 528. The second-order valence-electron chi connectivity index (χ2n) is 7.16. The molecule has 2 fully saturated rings. The Morgan fingerprint density at radius 2 is 1.90 bits per heavy atom. The van der Waals surface area contributed by atoms with Crippen molar-refractivity contribution in [3.05, 3.63) is 23.8 Å². The topological polar surface area (TPSA) is 21.7 Å². The van der Waals surface area contributed by atoms with Gasteiger partial charge < -0.3 is 14.4 Å². The molecule has 1 aromatic carbocycles. The van der Waals surface area contributed by atoms with Crippen LogP contribution in [0.2, 0.25) is 0 Å². The Morgan fingerprint density at radius 3 is 2.38 bits per heavy atom. The maximum atomic E-state index is 12.7. The number of anilines is 1. The Kier molecular flexibility index (Phi) is 3.35. The van der Waals surface area contributed by atoms with Crippen LogP contribution in [0, 0.1) is 5.41 Å². The van der Waals surface area contributed by atoms with E-state index >= 15 is 0 Å². The highest BCUT2D eigenvalue weighted by atomic mass is 19.3. The molecule has 0 N–H and O–H groups in total. The summed E-state index contributed by atoms with van der Waals surface area (Å²) in [6, 6.07) is 5.63. The minimum Gasteiger partial charge on any atom is -0.433 e. The summed E-state index contributed by atoms with van der Waals surface area (Å²) < 4.78 is 35.4. The summed E-state index contributed by atoms with van der Waals surface area (Å²) in [6.45, 7) is 6.60. The molecule has 0 atom stereocenters. The first-order valence-corrected chi connectivity index (χ1v) is 7.21. The summed E-state index contributed by atoms with van der Waals surface area (Å²) in [4.78, 5) is 2.09. The van der Waals surface area contributed by atoms with Gasteiger partial charge in [-0.2, -0.15) is 8.78 Å². The van der Waals surface area contributed by atoms with Gasteiger partial charge in [-0.1, -0.05) is 26.8 Å². The van der Waals surface area contributed by atoms with Crippen LogP contribution >= 0.6 is 0 Å². The van der Waals surface area contributed by atoms with E-state index in [4.69, 9.17) is 9.47 Å². The van der Waals surface area contributed by atoms with Gasteiger partial charge in [0.2, 0.25) is 0 Å². The summed E-state index contributed by atoms with van der Waals surface area (Å²) in [7, 11) is 0. The van der Waals surface area contributed by atoms with E-state index in [2.05, 4.69) is 25.7 Å². The van der Waals surface area contributed by atoms with Gasteiger partial charge in [0.05, 0.1) is 24.3 Å². The van der Waals surface area contributed by atoms with Crippen molar-refractivity contribution in [2.45, 2.75) is 32.8 Å². The quantitative estimate of drug-likeness (QED) is 0.853. The molecule has 0 aromatic heterocycles. The first-order valence-electron chi connectivity index (χ1n) is 7.21. The second kappa shape index (κ2) is 4.83. The van der Waals surface area contributed by atoms with E-state index in [9.17, 15) is 8.78 Å². The SMILES string of the molecule is CC(C)(C)c1ccc(N2CC3(COC3)C2)c(OC(F)F)c1. The fourth-order valence-corrected chi connectivity index (χ4v) is 2.94. The number of hydrogen-bond acceptors (Lipinski definition) is 3. The fourth-order valence-electron chi connectivity index (χ4n) is 2.94. The molecule has 1 aromatic rings. The van der Waals surface area contributed by atoms with E-state index in [0.717, 1.165) is 37.6 Å². The number of alkyl halides is 2. The molecule has 0 unspecified atom stereocenters. The molecule has 0 aliphatic carbocycles. The zero-order valence-electron chi connectivity index (χ0n) is 12.7. The second-order valence-corrected chi connectivity index (χ2v) is 7.16. The molecule has 5 heteroatoms. The van der Waals surface area contributed by atoms with Crippen LogP contribution in [0.15, 0.2) is 18.2 Å². The average molecular weight is 297 g/mol. The summed E-state index contributed by atoms with van der Waals surface area (Å²) in [5.74, 6) is 0.271. The Labute approximate surface area is 123 Å². The van der Waals surface area contributed by atoms with Crippen molar-refractivity contribution in [1.82, 2.24) is 0 Å². The summed E-state index contributed by atoms with van der Waals surface area (Å²) >= 11 is 0. The van der Waals surface area contributed by atoms with Crippen LogP contribution in [0.5, 0.6) is 5.75 Å². The lowest BCUT2D eigenvalue weighted by Gasteiger charge is -2.56. The van der Waals surface area contributed by atoms with Crippen LogP contribution < -0.4 is 9.64 Å². The molecule has 1 spiro atoms. The van der Waals surface area contributed by atoms with E-state index in [1.807, 2.05) is 12.1 Å². The first kappa shape index (κ1) is 14.6. The van der Waals surface area contributed by atoms with Gasteiger partial charge in [-0.25, -0.2) is 0 Å². The third-order valence-electron chi connectivity index (χ3n) is 4.25. The van der Waals surface area contributed by atoms with Crippen LogP contribution in [0.25, 0.3) is 0 Å². The molecular formula is C16H21F2NO2. The zero-order chi connectivity index (χ0) is 15.3. The van der Waals surface area contributed by atoms with Crippen molar-refractivity contribution >= 4 is 5.69 Å². The van der Waals surface area contributed by atoms with Crippen molar-refractivity contribution in [2.75, 3.05) is 31.2 Å². The predicted octanol–water partition coefficient (Wildman–Crippen LogP) is 3.42. The van der Waals surface area contributed by atoms with Gasteiger partial charge in [0.15, 0.2) is 0 Å². The van der Waals surface area contributed by atoms with Gasteiger partial charge in [0, 0.05) is 13.1 Å². The van der Waals surface area contributed by atoms with Crippen molar-refractivity contribution in [1.29, 1.82) is 0 Å².